The Labute approximate surface area is 272 Å². The van der Waals surface area contributed by atoms with E-state index in [1.807, 2.05) is 49.4 Å². The van der Waals surface area contributed by atoms with Gasteiger partial charge in [0.25, 0.3) is 0 Å². The molecular weight excluding hydrogens is 510 g/mol. The van der Waals surface area contributed by atoms with E-state index in [-0.39, 0.29) is 91.9 Å². The number of phenols is 1. The van der Waals surface area contributed by atoms with Gasteiger partial charge in [0, 0.05) is 34.1 Å². The zero-order chi connectivity index (χ0) is 23.9. The van der Waals surface area contributed by atoms with Crippen molar-refractivity contribution in [3.05, 3.63) is 103 Å². The molecule has 0 heterocycles. The van der Waals surface area contributed by atoms with Crippen LogP contribution in [0.25, 0.3) is 0 Å². The van der Waals surface area contributed by atoms with E-state index in [0.717, 1.165) is 34.0 Å². The molecule has 0 unspecified atom stereocenters. The molecule has 0 bridgehead atoms. The molecule has 11 heteroatoms. The Morgan fingerprint density at radius 2 is 0.833 bits per heavy atom. The molecule has 0 aliphatic carbocycles. The largest absolute Gasteiger partial charge is 1.00 e. The summed E-state index contributed by atoms with van der Waals surface area (Å²) in [5.74, 6) is 0.249. The first-order valence-electron chi connectivity index (χ1n) is 9.75. The van der Waals surface area contributed by atoms with Gasteiger partial charge in [-0.2, -0.15) is 13.5 Å². The van der Waals surface area contributed by atoms with Crippen molar-refractivity contribution in [1.29, 1.82) is 0 Å². The minimum atomic E-state index is 0. The van der Waals surface area contributed by atoms with Crippen molar-refractivity contribution in [2.24, 2.45) is 0 Å². The summed E-state index contributed by atoms with van der Waals surface area (Å²) in [6.45, 7) is 1.95. The average Bonchev–Trinajstić information content (AvgIpc) is 2.77. The van der Waals surface area contributed by atoms with Gasteiger partial charge in [0.05, 0.1) is 0 Å². The van der Waals surface area contributed by atoms with Gasteiger partial charge in [-0.25, -0.2) is 0 Å². The second-order valence-electron chi connectivity index (χ2n) is 6.78. The van der Waals surface area contributed by atoms with Gasteiger partial charge < -0.3 is 53.0 Å². The summed E-state index contributed by atoms with van der Waals surface area (Å²) in [4.78, 5) is 0. The molecule has 13 N–H and O–H groups in total. The quantitative estimate of drug-likeness (QED) is 0.0441. The van der Waals surface area contributed by atoms with E-state index in [9.17, 15) is 0 Å². The van der Waals surface area contributed by atoms with Gasteiger partial charge in [-0.3, -0.25) is 0 Å². The Hall–Kier alpha value is -1.82. The zero-order valence-corrected chi connectivity index (χ0v) is 27.0. The average molecular weight is 546 g/mol. The molecule has 0 atom stereocenters. The van der Waals surface area contributed by atoms with Crippen molar-refractivity contribution in [2.75, 3.05) is 34.4 Å². The van der Waals surface area contributed by atoms with E-state index < -0.39 is 0 Å². The summed E-state index contributed by atoms with van der Waals surface area (Å²) in [7, 11) is 0. The van der Waals surface area contributed by atoms with Gasteiger partial charge in [-0.05, 0) is 85.3 Å². The molecule has 4 aromatic rings. The van der Waals surface area contributed by atoms with E-state index in [4.69, 9.17) is 39.5 Å². The first kappa shape index (κ1) is 41.3. The number of hydrogen-bond donors (Lipinski definition) is 7. The number of hydrogen-bond acceptors (Lipinski definition) is 8. The molecule has 7 nitrogen and oxygen atoms in total. The standard InChI is InChI=1S/C7H10N2.C6H8N2.C6H7NO.C6H7N.2Na.2H2S/c1-5-2-3-6(8)4-7(5)9;7-5-1-2-6(8)4-3-5;7-5-1-3-6(8)4-2-5;7-6-4-2-1-3-5-6;;;;/h2-4H,8-9H2,1H3;1-4H,7-8H2;1-4,8H,7H2;1-5H,7H2;;;2*1H2/q;;;;2*+1;;/p-1. The van der Waals surface area contributed by atoms with Gasteiger partial charge >= 0.3 is 59.1 Å². The molecular formula is C25H35N6Na2OS2+. The maximum absolute atomic E-state index is 8.70. The normalized spacial score (nSPS) is 8.03. The van der Waals surface area contributed by atoms with Crippen LogP contribution in [0.4, 0.5) is 34.1 Å². The number of nitrogen functional groups attached to an aromatic ring is 6. The SMILES string of the molecule is Cc1ccc(N)cc1N.Nc1ccc(N)cc1.Nc1ccc(O)cc1.Nc1ccccc1.S.[Na+].[Na+].[SH-]. The summed E-state index contributed by atoms with van der Waals surface area (Å²) < 4.78 is 0. The van der Waals surface area contributed by atoms with Crippen molar-refractivity contribution in [3.8, 4) is 5.75 Å². The van der Waals surface area contributed by atoms with Crippen LogP contribution in [0, 0.1) is 6.92 Å². The molecule has 0 spiro atoms. The van der Waals surface area contributed by atoms with Crippen LogP contribution in [-0.2, 0) is 13.5 Å². The Morgan fingerprint density at radius 1 is 0.500 bits per heavy atom. The maximum atomic E-state index is 8.70. The fourth-order valence-electron chi connectivity index (χ4n) is 2.08. The summed E-state index contributed by atoms with van der Waals surface area (Å²) in [5, 5.41) is 8.70. The van der Waals surface area contributed by atoms with Crippen LogP contribution in [-0.4, -0.2) is 5.11 Å². The second-order valence-corrected chi connectivity index (χ2v) is 6.78. The zero-order valence-electron chi connectivity index (χ0n) is 21.1. The smallest absolute Gasteiger partial charge is 0.813 e. The third-order valence-corrected chi connectivity index (χ3v) is 3.93. The molecule has 0 amide bonds. The number of nitrogens with two attached hydrogens (primary N) is 6. The van der Waals surface area contributed by atoms with Crippen molar-refractivity contribution < 1.29 is 64.2 Å². The third-order valence-electron chi connectivity index (χ3n) is 3.93. The van der Waals surface area contributed by atoms with Gasteiger partial charge in [0.15, 0.2) is 0 Å². The van der Waals surface area contributed by atoms with Crippen molar-refractivity contribution in [3.63, 3.8) is 0 Å². The Kier molecular flexibility index (Phi) is 27.0. The first-order chi connectivity index (χ1) is 15.2. The summed E-state index contributed by atoms with van der Waals surface area (Å²) in [5.41, 5.74) is 37.9. The molecule has 0 saturated heterocycles. The molecule has 36 heavy (non-hydrogen) atoms. The van der Waals surface area contributed by atoms with Crippen LogP contribution >= 0.6 is 13.5 Å². The van der Waals surface area contributed by atoms with Crippen LogP contribution < -0.4 is 93.5 Å². The molecule has 0 aliphatic rings. The monoisotopic (exact) mass is 545 g/mol. The minimum Gasteiger partial charge on any atom is -0.813 e. The van der Waals surface area contributed by atoms with Crippen molar-refractivity contribution >= 4 is 61.1 Å². The number of thiol groups is 1. The molecule has 4 rings (SSSR count). The number of rotatable bonds is 0. The molecule has 0 fully saturated rings. The molecule has 0 aliphatic heterocycles. The number of benzene rings is 4. The van der Waals surface area contributed by atoms with Gasteiger partial charge in [-0.1, -0.05) is 24.3 Å². The van der Waals surface area contributed by atoms with E-state index in [1.54, 1.807) is 54.6 Å². The number of phenolic OH excluding ortho intramolecular Hbond substituents is 1. The first-order valence-corrected chi connectivity index (χ1v) is 9.75. The molecule has 184 valence electrons. The molecule has 0 saturated carbocycles. The van der Waals surface area contributed by atoms with Gasteiger partial charge in [0.2, 0.25) is 0 Å². The molecule has 4 aromatic carbocycles. The Bertz CT molecular complexity index is 973. The maximum Gasteiger partial charge on any atom is 1.00 e. The van der Waals surface area contributed by atoms with E-state index in [1.165, 1.54) is 0 Å². The van der Waals surface area contributed by atoms with Crippen LogP contribution in [0.2, 0.25) is 0 Å². The Balaban J connectivity index is -0.000000183. The van der Waals surface area contributed by atoms with Crippen LogP contribution in [0.5, 0.6) is 5.75 Å². The van der Waals surface area contributed by atoms with Crippen LogP contribution in [0.1, 0.15) is 5.56 Å². The predicted octanol–water partition coefficient (Wildman–Crippen LogP) is -1.90. The summed E-state index contributed by atoms with van der Waals surface area (Å²) in [6, 6.07) is 28.5. The molecule has 0 radical (unpaired) electrons. The fraction of sp³-hybridized carbons (Fsp3) is 0.0400. The number of aromatic hydroxyl groups is 1. The third kappa shape index (κ3) is 20.4. The van der Waals surface area contributed by atoms with Gasteiger partial charge in [-0.15, -0.1) is 0 Å². The van der Waals surface area contributed by atoms with Crippen LogP contribution in [0.15, 0.2) is 97.1 Å². The fourth-order valence-corrected chi connectivity index (χ4v) is 2.08. The van der Waals surface area contributed by atoms with Crippen molar-refractivity contribution in [2.45, 2.75) is 6.92 Å². The summed E-state index contributed by atoms with van der Waals surface area (Å²) >= 11 is 0. The second kappa shape index (κ2) is 23.6. The topological polar surface area (TPSA) is 176 Å². The summed E-state index contributed by atoms with van der Waals surface area (Å²) in [6.07, 6.45) is 0. The number of aryl methyl sites for hydroxylation is 1. The predicted molar refractivity (Wildman–Crippen MR) is 158 cm³/mol. The number of anilines is 6. The van der Waals surface area contributed by atoms with E-state index in [2.05, 4.69) is 0 Å². The molecule has 0 aromatic heterocycles. The minimum absolute atomic E-state index is 0. The number of para-hydroxylation sites is 1. The van der Waals surface area contributed by atoms with E-state index >= 15 is 0 Å². The Morgan fingerprint density at radius 3 is 1.11 bits per heavy atom. The van der Waals surface area contributed by atoms with Crippen LogP contribution in [0.3, 0.4) is 0 Å². The van der Waals surface area contributed by atoms with Crippen molar-refractivity contribution in [1.82, 2.24) is 0 Å². The van der Waals surface area contributed by atoms with Gasteiger partial charge in [0.1, 0.15) is 5.75 Å². The van der Waals surface area contributed by atoms with E-state index in [0.29, 0.717) is 5.69 Å².